The Morgan fingerprint density at radius 1 is 1.44 bits per heavy atom. The van der Waals surface area contributed by atoms with Crippen molar-refractivity contribution in [1.29, 1.82) is 0 Å². The number of aliphatic hydroxyl groups is 1. The molecule has 0 aliphatic carbocycles. The zero-order valence-corrected chi connectivity index (χ0v) is 14.8. The molecule has 0 radical (unpaired) electrons. The minimum absolute atomic E-state index is 0.105. The number of H-pyrrole nitrogens is 1. The van der Waals surface area contributed by atoms with E-state index >= 15 is 0 Å². The summed E-state index contributed by atoms with van der Waals surface area (Å²) >= 11 is 0. The van der Waals surface area contributed by atoms with E-state index in [0.717, 1.165) is 11.5 Å². The van der Waals surface area contributed by atoms with Gasteiger partial charge in [0.15, 0.2) is 0 Å². The Morgan fingerprint density at radius 3 is 2.88 bits per heavy atom. The van der Waals surface area contributed by atoms with Crippen LogP contribution in [0.3, 0.4) is 0 Å². The van der Waals surface area contributed by atoms with E-state index in [2.05, 4.69) is 25.5 Å². The van der Waals surface area contributed by atoms with Gasteiger partial charge in [-0.1, -0.05) is 20.8 Å². The second-order valence-electron chi connectivity index (χ2n) is 7.56. The number of β-amino-alcohol motifs (C(OH)–C–C–N with tert-alkyl or cyclic N) is 1. The first-order valence-corrected chi connectivity index (χ1v) is 8.34. The molecule has 3 N–H and O–H groups in total. The first kappa shape index (κ1) is 17.3. The fourth-order valence-electron chi connectivity index (χ4n) is 2.81. The Balaban J connectivity index is 1.58. The highest BCUT2D eigenvalue weighted by molar-refractivity contribution is 5.92. The van der Waals surface area contributed by atoms with Gasteiger partial charge in [0.2, 0.25) is 0 Å². The lowest BCUT2D eigenvalue weighted by molar-refractivity contribution is 0.0574. The van der Waals surface area contributed by atoms with Crippen LogP contribution in [-0.4, -0.2) is 56.4 Å². The maximum atomic E-state index is 12.3. The number of aromatic amines is 1. The summed E-state index contributed by atoms with van der Waals surface area (Å²) in [6.45, 7) is 7.38. The largest absolute Gasteiger partial charge is 0.386 e. The molecular formula is C17H24N6O2. The number of amides is 1. The Bertz CT molecular complexity index is 739. The maximum Gasteiger partial charge on any atom is 0.271 e. The van der Waals surface area contributed by atoms with Gasteiger partial charge in [-0.2, -0.15) is 5.10 Å². The molecule has 134 valence electrons. The third-order valence-electron chi connectivity index (χ3n) is 4.40. The van der Waals surface area contributed by atoms with E-state index in [1.54, 1.807) is 24.7 Å². The van der Waals surface area contributed by atoms with Crippen molar-refractivity contribution >= 4 is 11.7 Å². The molecule has 1 amide bonds. The van der Waals surface area contributed by atoms with E-state index < -0.39 is 5.60 Å². The molecule has 1 atom stereocenters. The third kappa shape index (κ3) is 3.96. The molecule has 25 heavy (non-hydrogen) atoms. The molecule has 1 fully saturated rings. The first-order chi connectivity index (χ1) is 11.8. The van der Waals surface area contributed by atoms with E-state index in [0.29, 0.717) is 25.2 Å². The van der Waals surface area contributed by atoms with Crippen LogP contribution in [0.2, 0.25) is 0 Å². The summed E-state index contributed by atoms with van der Waals surface area (Å²) in [5.74, 6) is 0.435. The van der Waals surface area contributed by atoms with Crippen molar-refractivity contribution in [3.8, 4) is 0 Å². The van der Waals surface area contributed by atoms with Gasteiger partial charge >= 0.3 is 0 Å². The van der Waals surface area contributed by atoms with Crippen LogP contribution in [0.4, 0.5) is 5.82 Å². The Kier molecular flexibility index (Phi) is 4.47. The predicted molar refractivity (Wildman–Crippen MR) is 93.4 cm³/mol. The average Bonchev–Trinajstić information content (AvgIpc) is 3.21. The summed E-state index contributed by atoms with van der Waals surface area (Å²) < 4.78 is 0. The number of nitrogens with one attached hydrogen (secondary N) is 2. The fourth-order valence-corrected chi connectivity index (χ4v) is 2.81. The van der Waals surface area contributed by atoms with Crippen LogP contribution >= 0.6 is 0 Å². The molecule has 1 aliphatic heterocycles. The molecule has 2 aromatic rings. The van der Waals surface area contributed by atoms with Gasteiger partial charge in [-0.15, -0.1) is 0 Å². The van der Waals surface area contributed by atoms with Crippen LogP contribution in [-0.2, 0) is 5.41 Å². The number of rotatable bonds is 4. The van der Waals surface area contributed by atoms with Gasteiger partial charge in [-0.05, 0) is 12.5 Å². The Hall–Kier alpha value is -2.48. The summed E-state index contributed by atoms with van der Waals surface area (Å²) in [6, 6.07) is 1.75. The minimum Gasteiger partial charge on any atom is -0.386 e. The lowest BCUT2D eigenvalue weighted by Gasteiger charge is -2.23. The van der Waals surface area contributed by atoms with Crippen LogP contribution in [0.15, 0.2) is 24.7 Å². The zero-order valence-electron chi connectivity index (χ0n) is 14.8. The molecule has 0 bridgehead atoms. The van der Waals surface area contributed by atoms with Crippen LogP contribution in [0.25, 0.3) is 0 Å². The van der Waals surface area contributed by atoms with Crippen molar-refractivity contribution < 1.29 is 9.90 Å². The zero-order chi connectivity index (χ0) is 18.1. The van der Waals surface area contributed by atoms with Crippen molar-refractivity contribution in [3.05, 3.63) is 36.0 Å². The number of hydrogen-bond donors (Lipinski definition) is 3. The summed E-state index contributed by atoms with van der Waals surface area (Å²) in [5, 5.41) is 20.5. The van der Waals surface area contributed by atoms with E-state index in [1.165, 1.54) is 0 Å². The van der Waals surface area contributed by atoms with Crippen LogP contribution in [0, 0.1) is 0 Å². The van der Waals surface area contributed by atoms with Crippen molar-refractivity contribution in [2.75, 3.05) is 24.5 Å². The van der Waals surface area contributed by atoms with E-state index in [-0.39, 0.29) is 17.9 Å². The third-order valence-corrected chi connectivity index (χ3v) is 4.40. The van der Waals surface area contributed by atoms with Crippen LogP contribution in [0.5, 0.6) is 0 Å². The maximum absolute atomic E-state index is 12.3. The van der Waals surface area contributed by atoms with Gasteiger partial charge in [0.1, 0.15) is 17.1 Å². The molecule has 2 aromatic heterocycles. The second-order valence-corrected chi connectivity index (χ2v) is 7.56. The fraction of sp³-hybridized carbons (Fsp3) is 0.529. The second kappa shape index (κ2) is 6.44. The van der Waals surface area contributed by atoms with E-state index in [1.807, 2.05) is 25.7 Å². The number of nitrogens with zero attached hydrogens (tertiary/aromatic N) is 4. The van der Waals surface area contributed by atoms with Gasteiger partial charge in [-0.3, -0.25) is 14.9 Å². The van der Waals surface area contributed by atoms with Gasteiger partial charge in [-0.25, -0.2) is 4.98 Å². The summed E-state index contributed by atoms with van der Waals surface area (Å²) in [5.41, 5.74) is 0.131. The highest BCUT2D eigenvalue weighted by Gasteiger charge is 2.37. The molecule has 0 spiro atoms. The number of carbonyl (C=O) groups is 1. The molecule has 1 aliphatic rings. The molecule has 0 aromatic carbocycles. The van der Waals surface area contributed by atoms with Crippen molar-refractivity contribution in [1.82, 2.24) is 25.5 Å². The normalized spacial score (nSPS) is 20.7. The molecule has 8 heteroatoms. The van der Waals surface area contributed by atoms with E-state index in [9.17, 15) is 9.90 Å². The molecule has 1 unspecified atom stereocenters. The summed E-state index contributed by atoms with van der Waals surface area (Å²) in [6.07, 6.45) is 5.46. The van der Waals surface area contributed by atoms with E-state index in [4.69, 9.17) is 0 Å². The summed E-state index contributed by atoms with van der Waals surface area (Å²) in [4.78, 5) is 22.5. The molecular weight excluding hydrogens is 320 g/mol. The smallest absolute Gasteiger partial charge is 0.271 e. The SMILES string of the molecule is CC(C)(C)c1cc(C(=O)NCC2(O)CCN(c3cnccn3)C2)n[nH]1. The molecule has 0 saturated carbocycles. The predicted octanol–water partition coefficient (Wildman–Crippen LogP) is 0.868. The average molecular weight is 344 g/mol. The van der Waals surface area contributed by atoms with Crippen molar-refractivity contribution in [2.24, 2.45) is 0 Å². The number of carbonyl (C=O) groups excluding carboxylic acids is 1. The number of anilines is 1. The van der Waals surface area contributed by atoms with Crippen molar-refractivity contribution in [2.45, 2.75) is 38.2 Å². The molecule has 3 rings (SSSR count). The topological polar surface area (TPSA) is 107 Å². The van der Waals surface area contributed by atoms with Gasteiger partial charge < -0.3 is 15.3 Å². The quantitative estimate of drug-likeness (QED) is 0.760. The number of hydrogen-bond acceptors (Lipinski definition) is 6. The number of aromatic nitrogens is 4. The van der Waals surface area contributed by atoms with Crippen molar-refractivity contribution in [3.63, 3.8) is 0 Å². The Labute approximate surface area is 146 Å². The van der Waals surface area contributed by atoms with Gasteiger partial charge in [0, 0.05) is 43.1 Å². The summed E-state index contributed by atoms with van der Waals surface area (Å²) in [7, 11) is 0. The van der Waals surface area contributed by atoms with Gasteiger partial charge in [0.05, 0.1) is 6.20 Å². The first-order valence-electron chi connectivity index (χ1n) is 8.34. The van der Waals surface area contributed by atoms with Crippen LogP contribution < -0.4 is 10.2 Å². The molecule has 3 heterocycles. The standard InChI is InChI=1S/C17H24N6O2/c1-16(2,3)13-8-12(21-22-13)15(24)20-10-17(25)4-7-23(11-17)14-9-18-5-6-19-14/h5-6,8-9,25H,4,7,10-11H2,1-3H3,(H,20,24)(H,21,22). The lowest BCUT2D eigenvalue weighted by atomic mass is 9.92. The highest BCUT2D eigenvalue weighted by atomic mass is 16.3. The Morgan fingerprint density at radius 2 is 2.24 bits per heavy atom. The molecule has 1 saturated heterocycles. The monoisotopic (exact) mass is 344 g/mol. The molecule has 8 nitrogen and oxygen atoms in total. The lowest BCUT2D eigenvalue weighted by Crippen LogP contribution is -2.45. The van der Waals surface area contributed by atoms with Crippen LogP contribution in [0.1, 0.15) is 43.4 Å². The van der Waals surface area contributed by atoms with Gasteiger partial charge in [0.25, 0.3) is 5.91 Å². The highest BCUT2D eigenvalue weighted by Crippen LogP contribution is 2.24. The minimum atomic E-state index is -0.990.